The minimum Gasteiger partial charge on any atom is -0.368 e. The van der Waals surface area contributed by atoms with Crippen LogP contribution in [-0.2, 0) is 11.2 Å². The molecule has 0 radical (unpaired) electrons. The lowest BCUT2D eigenvalue weighted by Gasteiger charge is -2.29. The summed E-state index contributed by atoms with van der Waals surface area (Å²) in [5.41, 5.74) is 1.12. The number of rotatable bonds is 2. The fourth-order valence-electron chi connectivity index (χ4n) is 1.81. The van der Waals surface area contributed by atoms with Gasteiger partial charge in [-0.1, -0.05) is 19.1 Å². The number of aromatic amines is 1. The highest BCUT2D eigenvalue weighted by molar-refractivity contribution is 7.71. The summed E-state index contributed by atoms with van der Waals surface area (Å²) in [6, 6.07) is 1.91. The fraction of sp³-hybridized carbons (Fsp3) is 0.636. The van der Waals surface area contributed by atoms with Gasteiger partial charge in [0.1, 0.15) is 16.6 Å². The van der Waals surface area contributed by atoms with E-state index in [1.807, 2.05) is 6.07 Å². The number of hydrogen-bond acceptors (Lipinski definition) is 4. The molecule has 2 rings (SSSR count). The zero-order valence-corrected chi connectivity index (χ0v) is 10.5. The standard InChI is InChI=1S/C11H17N3OS/c1-3-8-6-10(16)13-11(12-8)9-7-14(2)4-5-15-9/h6,9H,3-5,7H2,1-2H3,(H,12,13,16). The second-order valence-electron chi connectivity index (χ2n) is 4.11. The maximum absolute atomic E-state index is 5.71. The van der Waals surface area contributed by atoms with E-state index in [0.717, 1.165) is 37.6 Å². The van der Waals surface area contributed by atoms with Crippen molar-refractivity contribution in [3.8, 4) is 0 Å². The van der Waals surface area contributed by atoms with Crippen molar-refractivity contribution < 1.29 is 4.74 Å². The first-order valence-electron chi connectivity index (χ1n) is 5.59. The van der Waals surface area contributed by atoms with Gasteiger partial charge in [0.15, 0.2) is 0 Å². The molecule has 1 atom stereocenters. The number of nitrogens with one attached hydrogen (secondary N) is 1. The summed E-state index contributed by atoms with van der Waals surface area (Å²) < 4.78 is 6.35. The predicted octanol–water partition coefficient (Wildman–Crippen LogP) is 1.70. The minimum atomic E-state index is 0.0203. The Kier molecular flexibility index (Phi) is 3.68. The SMILES string of the molecule is CCc1cc(=S)nc(C2CN(C)CCO2)[nH]1. The van der Waals surface area contributed by atoms with Gasteiger partial charge in [0.05, 0.1) is 6.61 Å². The number of likely N-dealkylation sites (N-methyl/N-ethyl adjacent to an activating group) is 1. The van der Waals surface area contributed by atoms with Gasteiger partial charge in [0, 0.05) is 18.8 Å². The number of aromatic nitrogens is 2. The van der Waals surface area contributed by atoms with Gasteiger partial charge in [0.2, 0.25) is 0 Å². The van der Waals surface area contributed by atoms with Crippen LogP contribution in [0.2, 0.25) is 0 Å². The molecule has 16 heavy (non-hydrogen) atoms. The normalized spacial score (nSPS) is 22.2. The Morgan fingerprint density at radius 2 is 2.50 bits per heavy atom. The molecular weight excluding hydrogens is 222 g/mol. The van der Waals surface area contributed by atoms with Crippen LogP contribution in [0, 0.1) is 4.64 Å². The Morgan fingerprint density at radius 3 is 3.19 bits per heavy atom. The Balaban J connectivity index is 2.25. The molecule has 1 fully saturated rings. The van der Waals surface area contributed by atoms with Crippen LogP contribution in [0.3, 0.4) is 0 Å². The third kappa shape index (κ3) is 2.66. The second-order valence-corrected chi connectivity index (χ2v) is 4.52. The quantitative estimate of drug-likeness (QED) is 0.798. The number of nitrogens with zero attached hydrogens (tertiary/aromatic N) is 2. The number of morpholine rings is 1. The molecule has 1 aromatic rings. The minimum absolute atomic E-state index is 0.0203. The fourth-order valence-corrected chi connectivity index (χ4v) is 2.06. The van der Waals surface area contributed by atoms with Crippen LogP contribution in [-0.4, -0.2) is 41.6 Å². The molecule has 4 nitrogen and oxygen atoms in total. The topological polar surface area (TPSA) is 41.2 Å². The molecule has 1 saturated heterocycles. The molecule has 1 aliphatic rings. The summed E-state index contributed by atoms with van der Waals surface area (Å²) in [6.07, 6.45) is 0.953. The van der Waals surface area contributed by atoms with Crippen LogP contribution in [0.25, 0.3) is 0 Å². The smallest absolute Gasteiger partial charge is 0.138 e. The van der Waals surface area contributed by atoms with E-state index in [-0.39, 0.29) is 6.10 Å². The number of H-pyrrole nitrogens is 1. The van der Waals surface area contributed by atoms with E-state index < -0.39 is 0 Å². The zero-order chi connectivity index (χ0) is 11.5. The molecule has 1 N–H and O–H groups in total. The van der Waals surface area contributed by atoms with Gasteiger partial charge in [-0.2, -0.15) is 0 Å². The van der Waals surface area contributed by atoms with Crippen molar-refractivity contribution >= 4 is 12.2 Å². The highest BCUT2D eigenvalue weighted by Crippen LogP contribution is 2.18. The average molecular weight is 239 g/mol. The molecule has 0 amide bonds. The molecule has 0 aliphatic carbocycles. The lowest BCUT2D eigenvalue weighted by Crippen LogP contribution is -2.36. The summed E-state index contributed by atoms with van der Waals surface area (Å²) in [6.45, 7) is 4.69. The molecule has 5 heteroatoms. The molecule has 2 heterocycles. The van der Waals surface area contributed by atoms with Crippen molar-refractivity contribution in [2.75, 3.05) is 26.7 Å². The Hall–Kier alpha value is -0.780. The average Bonchev–Trinajstić information content (AvgIpc) is 2.28. The lowest BCUT2D eigenvalue weighted by atomic mass is 10.2. The first-order valence-corrected chi connectivity index (χ1v) is 6.00. The lowest BCUT2D eigenvalue weighted by molar-refractivity contribution is -0.0256. The van der Waals surface area contributed by atoms with Gasteiger partial charge in [-0.15, -0.1) is 0 Å². The molecule has 0 bridgehead atoms. The maximum Gasteiger partial charge on any atom is 0.138 e. The van der Waals surface area contributed by atoms with E-state index >= 15 is 0 Å². The second kappa shape index (κ2) is 5.03. The highest BCUT2D eigenvalue weighted by Gasteiger charge is 2.21. The van der Waals surface area contributed by atoms with Crippen LogP contribution < -0.4 is 0 Å². The molecule has 0 aromatic carbocycles. The molecule has 1 aliphatic heterocycles. The Labute approximate surface area is 101 Å². The third-order valence-electron chi connectivity index (χ3n) is 2.77. The molecule has 1 aromatic heterocycles. The summed E-state index contributed by atoms with van der Waals surface area (Å²) in [5.74, 6) is 0.857. The van der Waals surface area contributed by atoms with Gasteiger partial charge in [-0.05, 0) is 19.5 Å². The number of aryl methyl sites for hydroxylation is 1. The summed E-state index contributed by atoms with van der Waals surface area (Å²) in [4.78, 5) is 9.88. The molecule has 1 unspecified atom stereocenters. The van der Waals surface area contributed by atoms with E-state index in [4.69, 9.17) is 17.0 Å². The van der Waals surface area contributed by atoms with Crippen LogP contribution in [0.1, 0.15) is 24.5 Å². The van der Waals surface area contributed by atoms with E-state index in [1.54, 1.807) is 0 Å². The summed E-state index contributed by atoms with van der Waals surface area (Å²) in [5, 5.41) is 0. The molecule has 0 spiro atoms. The van der Waals surface area contributed by atoms with Gasteiger partial charge < -0.3 is 14.6 Å². The van der Waals surface area contributed by atoms with E-state index in [2.05, 4.69) is 28.8 Å². The van der Waals surface area contributed by atoms with Crippen LogP contribution in [0.4, 0.5) is 0 Å². The van der Waals surface area contributed by atoms with Gasteiger partial charge in [-0.3, -0.25) is 0 Å². The predicted molar refractivity (Wildman–Crippen MR) is 65.0 cm³/mol. The van der Waals surface area contributed by atoms with Gasteiger partial charge >= 0.3 is 0 Å². The van der Waals surface area contributed by atoms with Crippen molar-refractivity contribution in [3.05, 3.63) is 22.2 Å². The molecular formula is C11H17N3OS. The zero-order valence-electron chi connectivity index (χ0n) is 9.69. The van der Waals surface area contributed by atoms with Gasteiger partial charge in [0.25, 0.3) is 0 Å². The van der Waals surface area contributed by atoms with Crippen LogP contribution >= 0.6 is 12.2 Å². The maximum atomic E-state index is 5.71. The summed E-state index contributed by atoms with van der Waals surface area (Å²) in [7, 11) is 2.09. The van der Waals surface area contributed by atoms with Crippen molar-refractivity contribution in [3.63, 3.8) is 0 Å². The summed E-state index contributed by atoms with van der Waals surface area (Å²) >= 11 is 5.15. The van der Waals surface area contributed by atoms with Crippen molar-refractivity contribution in [2.45, 2.75) is 19.4 Å². The Morgan fingerprint density at radius 1 is 1.69 bits per heavy atom. The highest BCUT2D eigenvalue weighted by atomic mass is 32.1. The van der Waals surface area contributed by atoms with E-state index in [0.29, 0.717) is 4.64 Å². The van der Waals surface area contributed by atoms with Gasteiger partial charge in [-0.25, -0.2) is 4.98 Å². The largest absolute Gasteiger partial charge is 0.368 e. The first-order chi connectivity index (χ1) is 7.69. The van der Waals surface area contributed by atoms with Crippen LogP contribution in [0.5, 0.6) is 0 Å². The third-order valence-corrected chi connectivity index (χ3v) is 2.98. The first kappa shape index (κ1) is 11.7. The van der Waals surface area contributed by atoms with Crippen molar-refractivity contribution in [2.24, 2.45) is 0 Å². The Bertz CT molecular complexity index is 418. The van der Waals surface area contributed by atoms with Crippen molar-refractivity contribution in [1.82, 2.24) is 14.9 Å². The molecule has 0 saturated carbocycles. The number of hydrogen-bond donors (Lipinski definition) is 1. The molecule has 88 valence electrons. The van der Waals surface area contributed by atoms with E-state index in [1.165, 1.54) is 0 Å². The van der Waals surface area contributed by atoms with Crippen LogP contribution in [0.15, 0.2) is 6.07 Å². The van der Waals surface area contributed by atoms with Crippen molar-refractivity contribution in [1.29, 1.82) is 0 Å². The van der Waals surface area contributed by atoms with E-state index in [9.17, 15) is 0 Å². The monoisotopic (exact) mass is 239 g/mol. The number of ether oxygens (including phenoxy) is 1.